The summed E-state index contributed by atoms with van der Waals surface area (Å²) in [5, 5.41) is -0.00597. The van der Waals surface area contributed by atoms with Gasteiger partial charge in [0.05, 0.1) is 11.9 Å². The summed E-state index contributed by atoms with van der Waals surface area (Å²) in [5.41, 5.74) is 2.42. The summed E-state index contributed by atoms with van der Waals surface area (Å²) >= 11 is 0. The van der Waals surface area contributed by atoms with E-state index < -0.39 is 11.0 Å². The van der Waals surface area contributed by atoms with Crippen LogP contribution in [0.3, 0.4) is 0 Å². The van der Waals surface area contributed by atoms with Gasteiger partial charge in [-0.25, -0.2) is 4.21 Å². The zero-order valence-electron chi connectivity index (χ0n) is 26.8. The first-order valence-electron chi connectivity index (χ1n) is 17.1. The van der Waals surface area contributed by atoms with Gasteiger partial charge in [0, 0.05) is 0 Å². The van der Waals surface area contributed by atoms with Gasteiger partial charge in [0.25, 0.3) is 0 Å². The molecule has 5 aliphatic rings. The van der Waals surface area contributed by atoms with Crippen LogP contribution in [0, 0.1) is 46.3 Å². The molecule has 0 spiro atoms. The van der Waals surface area contributed by atoms with E-state index in [-0.39, 0.29) is 5.25 Å². The minimum atomic E-state index is -1.19. The topological polar surface area (TPSA) is 38.3 Å². The van der Waals surface area contributed by atoms with Crippen molar-refractivity contribution in [2.24, 2.45) is 46.3 Å². The highest BCUT2D eigenvalue weighted by molar-refractivity contribution is 7.84. The molecule has 4 heteroatoms. The summed E-state index contributed by atoms with van der Waals surface area (Å²) in [6.07, 6.45) is 25.4. The quantitative estimate of drug-likeness (QED) is 0.209. The lowest BCUT2D eigenvalue weighted by atomic mass is 9.42. The fourth-order valence-corrected chi connectivity index (χ4v) is 11.3. The van der Waals surface area contributed by atoms with E-state index in [0.29, 0.717) is 23.3 Å². The van der Waals surface area contributed by atoms with Crippen LogP contribution in [0.15, 0.2) is 36.3 Å². The Labute approximate surface area is 250 Å². The molecule has 7 unspecified atom stereocenters. The first-order chi connectivity index (χ1) is 19.3. The van der Waals surface area contributed by atoms with E-state index >= 15 is 0 Å². The van der Waals surface area contributed by atoms with Crippen LogP contribution in [0.1, 0.15) is 131 Å². The summed E-state index contributed by atoms with van der Waals surface area (Å²) in [7, 11) is -1.19. The number of rotatable bonds is 10. The Morgan fingerprint density at radius 3 is 2.55 bits per heavy atom. The normalized spacial score (nSPS) is 40.9. The number of unbranched alkanes of at least 4 members (excludes halogenated alkanes) is 1. The van der Waals surface area contributed by atoms with E-state index in [1.165, 1.54) is 82.6 Å². The third-order valence-corrected chi connectivity index (χ3v) is 13.8. The average Bonchev–Trinajstić information content (AvgIpc) is 3.29. The maximum atomic E-state index is 12.6. The highest BCUT2D eigenvalue weighted by Gasteiger charge is 2.60. The van der Waals surface area contributed by atoms with Crippen LogP contribution < -0.4 is 4.72 Å². The van der Waals surface area contributed by atoms with Crippen molar-refractivity contribution in [3.63, 3.8) is 0 Å². The minimum absolute atomic E-state index is 0.00597. The van der Waals surface area contributed by atoms with Gasteiger partial charge in [-0.3, -0.25) is 4.72 Å². The third-order valence-electron chi connectivity index (χ3n) is 12.4. The first-order valence-corrected chi connectivity index (χ1v) is 18.3. The van der Waals surface area contributed by atoms with Gasteiger partial charge >= 0.3 is 0 Å². The summed E-state index contributed by atoms with van der Waals surface area (Å²) < 4.78 is 21.4. The van der Waals surface area contributed by atoms with Crippen LogP contribution in [-0.2, 0) is 15.7 Å². The van der Waals surface area contributed by atoms with E-state index in [9.17, 15) is 4.21 Å². The first kappa shape index (κ1) is 31.9. The van der Waals surface area contributed by atoms with E-state index in [4.69, 9.17) is 4.74 Å². The van der Waals surface area contributed by atoms with Crippen molar-refractivity contribution in [3.8, 4) is 0 Å². The molecular weight excluding hydrogens is 510 g/mol. The standard InChI is InChI=1S/C34H55NO2S.C2H6/c1-6-26-23-29-31-18-15-27(33(31,4)21-19-32(29)34(5)20-9-7-12-30(26)34)11-8-10-22-37-25(3)35-38(36)28-16-13-24(2)14-17-28;1-2/h13-14,16,26-32,35H,3,6-12,15,17-23H2,1-2,4-5H3;1-2H3/t26-,27?,28?,29?,30?,31-,32-,33?,34?,38?;/m0./s1. The van der Waals surface area contributed by atoms with Gasteiger partial charge < -0.3 is 4.74 Å². The molecule has 0 aromatic heterocycles. The van der Waals surface area contributed by atoms with Crippen LogP contribution >= 0.6 is 0 Å². The molecule has 3 nitrogen and oxygen atoms in total. The number of nitrogens with one attached hydrogen (secondary N) is 1. The smallest absolute Gasteiger partial charge is 0.191 e. The Kier molecular flexibility index (Phi) is 11.1. The molecule has 0 heterocycles. The second kappa shape index (κ2) is 14.0. The van der Waals surface area contributed by atoms with Gasteiger partial charge in [0.1, 0.15) is 11.0 Å². The third kappa shape index (κ3) is 6.47. The fraction of sp³-hybridized carbons (Fsp3) is 0.833. The predicted octanol–water partition coefficient (Wildman–Crippen LogP) is 9.88. The zero-order valence-corrected chi connectivity index (χ0v) is 27.6. The molecule has 4 fully saturated rings. The van der Waals surface area contributed by atoms with Crippen LogP contribution in [0.4, 0.5) is 0 Å². The molecule has 1 N–H and O–H groups in total. The number of ether oxygens (including phenoxy) is 1. The van der Waals surface area contributed by atoms with Crippen molar-refractivity contribution in [3.05, 3.63) is 36.3 Å². The molecule has 0 aliphatic heterocycles. The van der Waals surface area contributed by atoms with Crippen molar-refractivity contribution in [1.82, 2.24) is 4.72 Å². The molecule has 0 amide bonds. The van der Waals surface area contributed by atoms with Crippen molar-refractivity contribution in [2.45, 2.75) is 137 Å². The summed E-state index contributed by atoms with van der Waals surface area (Å²) in [4.78, 5) is 0. The molecular formula is C36H61NO2S. The largest absolute Gasteiger partial charge is 0.479 e. The molecule has 0 aromatic rings. The molecule has 0 bridgehead atoms. The summed E-state index contributed by atoms with van der Waals surface area (Å²) in [5.74, 6) is 6.26. The van der Waals surface area contributed by atoms with Crippen LogP contribution in [-0.4, -0.2) is 16.1 Å². The summed E-state index contributed by atoms with van der Waals surface area (Å²) in [6, 6.07) is 0. The average molecular weight is 572 g/mol. The molecule has 0 radical (unpaired) electrons. The van der Waals surface area contributed by atoms with E-state index in [1.807, 2.05) is 26.0 Å². The van der Waals surface area contributed by atoms with Gasteiger partial charge in [0.15, 0.2) is 5.88 Å². The lowest BCUT2D eigenvalue weighted by Crippen LogP contribution is -2.55. The zero-order chi connectivity index (χ0) is 28.9. The highest BCUT2D eigenvalue weighted by atomic mass is 32.2. The second-order valence-corrected chi connectivity index (χ2v) is 15.6. The van der Waals surface area contributed by atoms with Gasteiger partial charge in [-0.2, -0.15) is 0 Å². The van der Waals surface area contributed by atoms with Crippen molar-refractivity contribution >= 4 is 11.0 Å². The lowest BCUT2D eigenvalue weighted by molar-refractivity contribution is -0.135. The van der Waals surface area contributed by atoms with Crippen molar-refractivity contribution in [2.75, 3.05) is 6.61 Å². The monoisotopic (exact) mass is 571 g/mol. The predicted molar refractivity (Wildman–Crippen MR) is 172 cm³/mol. The molecule has 228 valence electrons. The van der Waals surface area contributed by atoms with Crippen LogP contribution in [0.2, 0.25) is 0 Å². The molecule has 0 aromatic carbocycles. The fourth-order valence-electron chi connectivity index (χ4n) is 10.4. The molecule has 0 saturated heterocycles. The molecule has 4 saturated carbocycles. The lowest BCUT2D eigenvalue weighted by Gasteiger charge is -2.62. The second-order valence-electron chi connectivity index (χ2n) is 14.2. The minimum Gasteiger partial charge on any atom is -0.479 e. The van der Waals surface area contributed by atoms with Crippen molar-refractivity contribution < 1.29 is 8.95 Å². The molecule has 40 heavy (non-hydrogen) atoms. The van der Waals surface area contributed by atoms with E-state index in [0.717, 1.165) is 48.3 Å². The van der Waals surface area contributed by atoms with E-state index in [2.05, 4.69) is 45.1 Å². The van der Waals surface area contributed by atoms with Crippen LogP contribution in [0.5, 0.6) is 0 Å². The molecule has 10 atom stereocenters. The van der Waals surface area contributed by atoms with E-state index in [1.54, 1.807) is 0 Å². The SMILES string of the molecule is C=C(NS(=O)C1C=CC(C)=CC1)OCCCCC1CC[C@H]2C3C[C@H](CC)C4CCCCC4(C)[C@H]3CCC12C.CC. The Morgan fingerprint density at radius 2 is 1.82 bits per heavy atom. The number of fused-ring (bicyclic) bond motifs is 5. The Hall–Kier alpha value is -1.03. The number of hydrogen-bond donors (Lipinski definition) is 1. The molecule has 5 aliphatic carbocycles. The van der Waals surface area contributed by atoms with Crippen molar-refractivity contribution in [1.29, 1.82) is 0 Å². The van der Waals surface area contributed by atoms with Gasteiger partial charge in [-0.1, -0.05) is 77.7 Å². The number of allylic oxidation sites excluding steroid dienone is 3. The van der Waals surface area contributed by atoms with Gasteiger partial charge in [-0.05, 0) is 130 Å². The summed E-state index contributed by atoms with van der Waals surface area (Å²) in [6.45, 7) is 18.6. The van der Waals surface area contributed by atoms with Gasteiger partial charge in [0.2, 0.25) is 0 Å². The number of hydrogen-bond acceptors (Lipinski definition) is 2. The maximum absolute atomic E-state index is 12.6. The van der Waals surface area contributed by atoms with Crippen LogP contribution in [0.25, 0.3) is 0 Å². The Bertz CT molecular complexity index is 941. The Morgan fingerprint density at radius 1 is 1.05 bits per heavy atom. The van der Waals surface area contributed by atoms with Gasteiger partial charge in [-0.15, -0.1) is 0 Å². The molecule has 5 rings (SSSR count). The maximum Gasteiger partial charge on any atom is 0.191 e. The highest BCUT2D eigenvalue weighted by Crippen LogP contribution is 2.69. The Balaban J connectivity index is 0.00000181.